The molecule has 0 bridgehead atoms. The van der Waals surface area contributed by atoms with Gasteiger partial charge in [-0.05, 0) is 43.7 Å². The van der Waals surface area contributed by atoms with E-state index < -0.39 is 5.82 Å². The lowest BCUT2D eigenvalue weighted by molar-refractivity contribution is 0.628. The summed E-state index contributed by atoms with van der Waals surface area (Å²) in [5, 5.41) is 3.75. The fraction of sp³-hybridized carbons (Fsp3) is 0.136. The maximum atomic E-state index is 14.1. The number of aryl methyl sites for hydroxylation is 1. The topological polar surface area (TPSA) is 92.3 Å². The Morgan fingerprint density at radius 2 is 1.97 bits per heavy atom. The average molecular weight is 434 g/mol. The van der Waals surface area contributed by atoms with E-state index in [1.54, 1.807) is 6.33 Å². The monoisotopic (exact) mass is 433 g/mol. The third-order valence-electron chi connectivity index (χ3n) is 5.09. The van der Waals surface area contributed by atoms with E-state index in [0.29, 0.717) is 39.0 Å². The van der Waals surface area contributed by atoms with Gasteiger partial charge in [-0.3, -0.25) is 0 Å². The highest BCUT2D eigenvalue weighted by Crippen LogP contribution is 2.34. The summed E-state index contributed by atoms with van der Waals surface area (Å²) in [5.41, 5.74) is 5.32. The summed E-state index contributed by atoms with van der Waals surface area (Å²) in [7, 11) is 0. The van der Waals surface area contributed by atoms with Crippen molar-refractivity contribution < 1.29 is 4.39 Å². The number of anilines is 1. The fourth-order valence-electron chi connectivity index (χ4n) is 3.56. The Hall–Kier alpha value is -3.65. The smallest absolute Gasteiger partial charge is 0.182 e. The molecule has 0 spiro atoms. The summed E-state index contributed by atoms with van der Waals surface area (Å²) in [6, 6.07) is 9.70. The first-order valence-corrected chi connectivity index (χ1v) is 10.0. The van der Waals surface area contributed by atoms with Crippen molar-refractivity contribution in [2.45, 2.75) is 19.9 Å². The van der Waals surface area contributed by atoms with Crippen LogP contribution in [0.2, 0.25) is 5.02 Å². The van der Waals surface area contributed by atoms with Crippen LogP contribution in [-0.4, -0.2) is 29.9 Å². The molecule has 0 aliphatic carbocycles. The zero-order valence-corrected chi connectivity index (χ0v) is 17.4. The van der Waals surface area contributed by atoms with Gasteiger partial charge >= 0.3 is 0 Å². The minimum atomic E-state index is -0.396. The second-order valence-electron chi connectivity index (χ2n) is 7.21. The molecule has 0 amide bonds. The first kappa shape index (κ1) is 19.3. The minimum Gasteiger partial charge on any atom is -0.360 e. The number of nitrogens with zero attached hydrogens (tertiary/aromatic N) is 5. The lowest BCUT2D eigenvalue weighted by Gasteiger charge is -2.19. The van der Waals surface area contributed by atoms with Gasteiger partial charge in [-0.2, -0.15) is 0 Å². The Morgan fingerprint density at radius 1 is 1.10 bits per heavy atom. The molecule has 0 saturated carbocycles. The number of imidazole rings is 1. The van der Waals surface area contributed by atoms with E-state index in [4.69, 9.17) is 21.6 Å². The molecule has 5 aromatic rings. The number of para-hydroxylation sites is 1. The number of hydrogen-bond donors (Lipinski definition) is 2. The van der Waals surface area contributed by atoms with E-state index in [1.807, 2.05) is 32.0 Å². The van der Waals surface area contributed by atoms with Crippen LogP contribution >= 0.6 is 11.6 Å². The van der Waals surface area contributed by atoms with Crippen LogP contribution in [0.1, 0.15) is 24.2 Å². The van der Waals surface area contributed by atoms with Gasteiger partial charge in [-0.1, -0.05) is 23.7 Å². The number of aromatic amines is 1. The molecule has 2 N–H and O–H groups in total. The predicted octanol–water partition coefficient (Wildman–Crippen LogP) is 5.24. The second-order valence-corrected chi connectivity index (χ2v) is 7.62. The second kappa shape index (κ2) is 7.55. The van der Waals surface area contributed by atoms with Gasteiger partial charge in [0, 0.05) is 5.56 Å². The third-order valence-corrected chi connectivity index (χ3v) is 5.42. The number of fused-ring (bicyclic) bond motifs is 2. The number of benzene rings is 2. The molecule has 0 aliphatic rings. The maximum Gasteiger partial charge on any atom is 0.182 e. The van der Waals surface area contributed by atoms with Crippen LogP contribution in [0.4, 0.5) is 10.2 Å². The maximum absolute atomic E-state index is 14.1. The predicted molar refractivity (Wildman–Crippen MR) is 118 cm³/mol. The van der Waals surface area contributed by atoms with Gasteiger partial charge in [-0.25, -0.2) is 29.3 Å². The molecule has 1 unspecified atom stereocenters. The normalized spacial score (nSPS) is 12.4. The summed E-state index contributed by atoms with van der Waals surface area (Å²) >= 11 is 6.43. The van der Waals surface area contributed by atoms with E-state index in [2.05, 4.69) is 25.3 Å². The highest BCUT2D eigenvalue weighted by Gasteiger charge is 2.21. The largest absolute Gasteiger partial charge is 0.360 e. The Bertz CT molecular complexity index is 1430. The van der Waals surface area contributed by atoms with Crippen molar-refractivity contribution >= 4 is 39.6 Å². The van der Waals surface area contributed by atoms with E-state index >= 15 is 0 Å². The summed E-state index contributed by atoms with van der Waals surface area (Å²) < 4.78 is 14.1. The van der Waals surface area contributed by atoms with Gasteiger partial charge in [0.25, 0.3) is 0 Å². The standard InChI is InChI=1S/C22H17ClFN7/c1-11-4-3-5-16-17(11)31-19(14-8-13(24)6-7-15(14)23)18(30-16)12(2)29-22-20-21(26-9-25-20)27-10-28-22/h3-10,12H,1-2H3,(H2,25,26,27,28,29). The highest BCUT2D eigenvalue weighted by molar-refractivity contribution is 6.33. The van der Waals surface area contributed by atoms with Gasteiger partial charge in [0.1, 0.15) is 17.7 Å². The van der Waals surface area contributed by atoms with Gasteiger partial charge in [0.15, 0.2) is 11.5 Å². The summed E-state index contributed by atoms with van der Waals surface area (Å²) in [6.07, 6.45) is 3.00. The van der Waals surface area contributed by atoms with E-state index in [0.717, 1.165) is 16.6 Å². The zero-order valence-electron chi connectivity index (χ0n) is 16.7. The molecule has 1 atom stereocenters. The molecule has 7 nitrogen and oxygen atoms in total. The molecule has 0 radical (unpaired) electrons. The molecule has 31 heavy (non-hydrogen) atoms. The average Bonchev–Trinajstić information content (AvgIpc) is 3.25. The molecule has 2 aromatic carbocycles. The van der Waals surface area contributed by atoms with Crippen molar-refractivity contribution in [3.05, 3.63) is 71.2 Å². The lowest BCUT2D eigenvalue weighted by Crippen LogP contribution is -2.13. The van der Waals surface area contributed by atoms with Crippen molar-refractivity contribution in [1.82, 2.24) is 29.9 Å². The Labute approximate surface area is 181 Å². The van der Waals surface area contributed by atoms with Crippen LogP contribution < -0.4 is 5.32 Å². The van der Waals surface area contributed by atoms with Crippen LogP contribution in [0, 0.1) is 12.7 Å². The molecular formula is C22H17ClFN7. The molecule has 0 saturated heterocycles. The van der Waals surface area contributed by atoms with E-state index in [1.165, 1.54) is 24.5 Å². The number of nitrogens with one attached hydrogen (secondary N) is 2. The van der Waals surface area contributed by atoms with Crippen LogP contribution in [0.5, 0.6) is 0 Å². The van der Waals surface area contributed by atoms with Crippen molar-refractivity contribution in [1.29, 1.82) is 0 Å². The molecule has 3 aromatic heterocycles. The zero-order chi connectivity index (χ0) is 21.5. The van der Waals surface area contributed by atoms with Crippen LogP contribution in [0.25, 0.3) is 33.5 Å². The number of halogens is 2. The SMILES string of the molecule is Cc1cccc2nc(C(C)Nc3ncnc4nc[nH]c34)c(-c3cc(F)ccc3Cl)nc12. The molecule has 0 aliphatic heterocycles. The van der Waals surface area contributed by atoms with E-state index in [9.17, 15) is 4.39 Å². The van der Waals surface area contributed by atoms with E-state index in [-0.39, 0.29) is 6.04 Å². The van der Waals surface area contributed by atoms with Crippen molar-refractivity contribution in [3.63, 3.8) is 0 Å². The van der Waals surface area contributed by atoms with Crippen molar-refractivity contribution in [2.24, 2.45) is 0 Å². The first-order chi connectivity index (χ1) is 15.0. The number of aromatic nitrogens is 6. The van der Waals surface area contributed by atoms with Crippen molar-refractivity contribution in [2.75, 3.05) is 5.32 Å². The summed E-state index contributed by atoms with van der Waals surface area (Å²) in [6.45, 7) is 3.90. The van der Waals surface area contributed by atoms with Crippen LogP contribution in [0.3, 0.4) is 0 Å². The van der Waals surface area contributed by atoms with Crippen LogP contribution in [-0.2, 0) is 0 Å². The summed E-state index contributed by atoms with van der Waals surface area (Å²) in [5.74, 6) is 0.185. The molecule has 3 heterocycles. The number of rotatable bonds is 4. The Morgan fingerprint density at radius 3 is 2.84 bits per heavy atom. The molecule has 5 rings (SSSR count). The minimum absolute atomic E-state index is 0.326. The van der Waals surface area contributed by atoms with Crippen molar-refractivity contribution in [3.8, 4) is 11.3 Å². The van der Waals surface area contributed by atoms with Gasteiger partial charge in [-0.15, -0.1) is 0 Å². The van der Waals surface area contributed by atoms with Gasteiger partial charge < -0.3 is 10.3 Å². The first-order valence-electron chi connectivity index (χ1n) is 9.64. The highest BCUT2D eigenvalue weighted by atomic mass is 35.5. The van der Waals surface area contributed by atoms with Crippen LogP contribution in [0.15, 0.2) is 49.1 Å². The molecule has 154 valence electrons. The Kier molecular flexibility index (Phi) is 4.71. The number of H-pyrrole nitrogens is 1. The molecule has 9 heteroatoms. The summed E-state index contributed by atoms with van der Waals surface area (Å²) in [4.78, 5) is 25.4. The number of hydrogen-bond acceptors (Lipinski definition) is 6. The van der Waals surface area contributed by atoms with Gasteiger partial charge in [0.2, 0.25) is 0 Å². The lowest BCUT2D eigenvalue weighted by atomic mass is 10.0. The molecular weight excluding hydrogens is 417 g/mol. The quantitative estimate of drug-likeness (QED) is 0.403. The third kappa shape index (κ3) is 3.44. The van der Waals surface area contributed by atoms with Gasteiger partial charge in [0.05, 0.1) is 39.8 Å². The fourth-order valence-corrected chi connectivity index (χ4v) is 3.76. The Balaban J connectivity index is 1.69. The molecule has 0 fully saturated rings.